The monoisotopic (exact) mass is 368 g/mol. The Balaban J connectivity index is 1.54. The Kier molecular flexibility index (Phi) is 3.91. The van der Waals surface area contributed by atoms with Crippen LogP contribution in [0.4, 0.5) is 0 Å². The van der Waals surface area contributed by atoms with Gasteiger partial charge in [-0.3, -0.25) is 4.79 Å². The van der Waals surface area contributed by atoms with Crippen LogP contribution in [0.5, 0.6) is 0 Å². The molecule has 2 heteroatoms. The van der Waals surface area contributed by atoms with Gasteiger partial charge in [0.25, 0.3) is 0 Å². The van der Waals surface area contributed by atoms with Crippen molar-refractivity contribution < 1.29 is 9.90 Å². The first-order chi connectivity index (χ1) is 12.8. The van der Waals surface area contributed by atoms with Gasteiger partial charge in [-0.05, 0) is 99.2 Å². The number of carbonyl (C=O) groups is 1. The predicted molar refractivity (Wildman–Crippen MR) is 108 cm³/mol. The average molecular weight is 369 g/mol. The van der Waals surface area contributed by atoms with E-state index in [4.69, 9.17) is 0 Å². The molecule has 0 spiro atoms. The molecule has 0 aromatic carbocycles. The lowest BCUT2D eigenvalue weighted by atomic mass is 9.44. The molecule has 0 radical (unpaired) electrons. The highest BCUT2D eigenvalue weighted by molar-refractivity contribution is 5.85. The van der Waals surface area contributed by atoms with E-state index in [9.17, 15) is 9.90 Å². The van der Waals surface area contributed by atoms with Crippen LogP contribution in [0.2, 0.25) is 0 Å². The van der Waals surface area contributed by atoms with Gasteiger partial charge in [0.15, 0.2) is 0 Å². The first-order valence-corrected chi connectivity index (χ1v) is 11.4. The Morgan fingerprint density at radius 1 is 1.11 bits per heavy atom. The maximum Gasteiger partial charge on any atom is 0.137 e. The number of hydrogen-bond acceptors (Lipinski definition) is 2. The van der Waals surface area contributed by atoms with Crippen molar-refractivity contribution >= 4 is 5.78 Å². The van der Waals surface area contributed by atoms with Gasteiger partial charge in [-0.25, -0.2) is 0 Å². The summed E-state index contributed by atoms with van der Waals surface area (Å²) in [6, 6.07) is 0. The molecule has 0 aromatic heterocycles. The number of rotatable bonds is 1. The lowest BCUT2D eigenvalue weighted by Crippen LogP contribution is -2.54. The standard InChI is InChI=1S/C25H36O2/c1-16(26)25-11-5-4-6-18(25)15-22-20-8-7-17-14-19(27)9-12-23(17,2)21(20)10-13-24(22,25)3/h4-5,7,18-22,27H,6,8-15H2,1-3H3/t18-,19+,20+,21-,22+,23-,24+,25+/m0/s1. The Labute approximate surface area is 164 Å². The Morgan fingerprint density at radius 2 is 1.93 bits per heavy atom. The molecule has 2 nitrogen and oxygen atoms in total. The second-order valence-electron chi connectivity index (χ2n) is 11.0. The molecule has 8 atom stereocenters. The van der Waals surface area contributed by atoms with Crippen LogP contribution in [0.25, 0.3) is 0 Å². The lowest BCUT2D eigenvalue weighted by molar-refractivity contribution is -0.144. The predicted octanol–water partition coefficient (Wildman–Crippen LogP) is 5.46. The van der Waals surface area contributed by atoms with E-state index in [2.05, 4.69) is 32.1 Å². The highest BCUT2D eigenvalue weighted by Crippen LogP contribution is 2.73. The number of carbonyl (C=O) groups excluding carboxylic acids is 1. The fourth-order valence-electron chi connectivity index (χ4n) is 8.98. The summed E-state index contributed by atoms with van der Waals surface area (Å²) in [5.41, 5.74) is 1.90. The van der Waals surface area contributed by atoms with Gasteiger partial charge >= 0.3 is 0 Å². The van der Waals surface area contributed by atoms with Crippen LogP contribution in [0, 0.1) is 39.9 Å². The number of hydrogen-bond donors (Lipinski definition) is 1. The fraction of sp³-hybridized carbons (Fsp3) is 0.800. The second kappa shape index (κ2) is 5.81. The highest BCUT2D eigenvalue weighted by atomic mass is 16.3. The molecule has 0 saturated heterocycles. The van der Waals surface area contributed by atoms with Crippen LogP contribution in [-0.4, -0.2) is 17.0 Å². The molecule has 3 fully saturated rings. The van der Waals surface area contributed by atoms with Crippen molar-refractivity contribution in [2.45, 2.75) is 84.7 Å². The van der Waals surface area contributed by atoms with Crippen molar-refractivity contribution in [3.05, 3.63) is 23.8 Å². The minimum Gasteiger partial charge on any atom is -0.393 e. The third-order valence-corrected chi connectivity index (χ3v) is 10.4. The number of aliphatic hydroxyl groups is 1. The topological polar surface area (TPSA) is 37.3 Å². The summed E-state index contributed by atoms with van der Waals surface area (Å²) in [5, 5.41) is 10.2. The summed E-state index contributed by atoms with van der Waals surface area (Å²) in [4.78, 5) is 13.1. The molecular weight excluding hydrogens is 332 g/mol. The van der Waals surface area contributed by atoms with Gasteiger partial charge in [0, 0.05) is 5.41 Å². The SMILES string of the molecule is CC(=O)[C@]12CC=CC[C@H]1C[C@@H]1[C@@H]3CC=C4C[C@H](O)CC[C@]4(C)[C@H]3CC[C@]12C. The molecule has 0 unspecified atom stereocenters. The maximum atomic E-state index is 13.1. The van der Waals surface area contributed by atoms with Crippen LogP contribution < -0.4 is 0 Å². The molecule has 0 amide bonds. The van der Waals surface area contributed by atoms with E-state index < -0.39 is 0 Å². The van der Waals surface area contributed by atoms with Gasteiger partial charge in [-0.2, -0.15) is 0 Å². The largest absolute Gasteiger partial charge is 0.393 e. The number of aliphatic hydroxyl groups excluding tert-OH is 1. The zero-order valence-electron chi connectivity index (χ0n) is 17.3. The van der Waals surface area contributed by atoms with Gasteiger partial charge in [0.1, 0.15) is 5.78 Å². The van der Waals surface area contributed by atoms with Gasteiger partial charge in [0.05, 0.1) is 6.10 Å². The zero-order valence-corrected chi connectivity index (χ0v) is 17.3. The number of fused-ring (bicyclic) bond motifs is 7. The third-order valence-electron chi connectivity index (χ3n) is 10.4. The van der Waals surface area contributed by atoms with Crippen LogP contribution in [0.3, 0.4) is 0 Å². The Hall–Kier alpha value is -0.890. The normalized spacial score (nSPS) is 53.6. The Morgan fingerprint density at radius 3 is 2.70 bits per heavy atom. The van der Waals surface area contributed by atoms with E-state index in [1.165, 1.54) is 25.7 Å². The summed E-state index contributed by atoms with van der Waals surface area (Å²) in [6.07, 6.45) is 17.0. The molecule has 5 aliphatic rings. The fourth-order valence-corrected chi connectivity index (χ4v) is 8.98. The molecular formula is C25H36O2. The van der Waals surface area contributed by atoms with Gasteiger partial charge in [-0.1, -0.05) is 37.6 Å². The zero-order chi connectivity index (χ0) is 19.0. The summed E-state index contributed by atoms with van der Waals surface area (Å²) >= 11 is 0. The summed E-state index contributed by atoms with van der Waals surface area (Å²) < 4.78 is 0. The average Bonchev–Trinajstić information content (AvgIpc) is 2.92. The third kappa shape index (κ3) is 2.14. The maximum absolute atomic E-state index is 13.1. The van der Waals surface area contributed by atoms with E-state index in [-0.39, 0.29) is 16.9 Å². The molecule has 1 N–H and O–H groups in total. The summed E-state index contributed by atoms with van der Waals surface area (Å²) in [5.74, 6) is 3.18. The molecule has 0 aliphatic heterocycles. The first-order valence-electron chi connectivity index (χ1n) is 11.4. The van der Waals surface area contributed by atoms with Crippen molar-refractivity contribution in [3.8, 4) is 0 Å². The molecule has 3 saturated carbocycles. The second-order valence-corrected chi connectivity index (χ2v) is 11.0. The van der Waals surface area contributed by atoms with E-state index in [1.807, 2.05) is 6.92 Å². The van der Waals surface area contributed by atoms with Gasteiger partial charge < -0.3 is 5.11 Å². The van der Waals surface area contributed by atoms with Crippen molar-refractivity contribution in [2.24, 2.45) is 39.9 Å². The molecule has 27 heavy (non-hydrogen) atoms. The molecule has 5 rings (SSSR count). The van der Waals surface area contributed by atoms with Crippen LogP contribution >= 0.6 is 0 Å². The minimum atomic E-state index is -0.129. The smallest absolute Gasteiger partial charge is 0.137 e. The molecule has 0 heterocycles. The summed E-state index contributed by atoms with van der Waals surface area (Å²) in [7, 11) is 0. The first kappa shape index (κ1) is 18.2. The van der Waals surface area contributed by atoms with Crippen molar-refractivity contribution in [1.29, 1.82) is 0 Å². The molecule has 0 aromatic rings. The van der Waals surface area contributed by atoms with Crippen molar-refractivity contribution in [1.82, 2.24) is 0 Å². The Bertz CT molecular complexity index is 720. The summed E-state index contributed by atoms with van der Waals surface area (Å²) in [6.45, 7) is 6.86. The van der Waals surface area contributed by atoms with Crippen LogP contribution in [-0.2, 0) is 4.79 Å². The van der Waals surface area contributed by atoms with Crippen LogP contribution in [0.1, 0.15) is 78.6 Å². The van der Waals surface area contributed by atoms with Crippen LogP contribution in [0.15, 0.2) is 23.8 Å². The van der Waals surface area contributed by atoms with E-state index in [0.717, 1.165) is 43.9 Å². The molecule has 148 valence electrons. The highest BCUT2D eigenvalue weighted by Gasteiger charge is 2.68. The van der Waals surface area contributed by atoms with E-state index in [1.54, 1.807) is 5.57 Å². The number of Topliss-reactive ketones (excluding diaryl/α,β-unsaturated/α-hetero) is 1. The lowest BCUT2D eigenvalue weighted by Gasteiger charge is -2.60. The number of allylic oxidation sites excluding steroid dienone is 3. The van der Waals surface area contributed by atoms with Gasteiger partial charge in [-0.15, -0.1) is 0 Å². The molecule has 5 aliphatic carbocycles. The van der Waals surface area contributed by atoms with E-state index in [0.29, 0.717) is 23.0 Å². The molecule has 0 bridgehead atoms. The van der Waals surface area contributed by atoms with Crippen molar-refractivity contribution in [3.63, 3.8) is 0 Å². The quantitative estimate of drug-likeness (QED) is 0.624. The van der Waals surface area contributed by atoms with Crippen molar-refractivity contribution in [2.75, 3.05) is 0 Å². The minimum absolute atomic E-state index is 0.106. The van der Waals surface area contributed by atoms with Gasteiger partial charge in [0.2, 0.25) is 0 Å². The van der Waals surface area contributed by atoms with E-state index >= 15 is 0 Å². The number of ketones is 1.